The molecule has 1 amide bonds. The second-order valence-corrected chi connectivity index (χ2v) is 5.76. The van der Waals surface area contributed by atoms with Gasteiger partial charge in [-0.25, -0.2) is 0 Å². The number of carbonyl (C=O) groups excluding carboxylic acids is 1. The highest BCUT2D eigenvalue weighted by Gasteiger charge is 2.41. The molecule has 1 unspecified atom stereocenters. The van der Waals surface area contributed by atoms with Gasteiger partial charge in [-0.15, -0.1) is 0 Å². The maximum Gasteiger partial charge on any atom is 0.279 e. The van der Waals surface area contributed by atoms with Gasteiger partial charge in [0.15, 0.2) is 0 Å². The fourth-order valence-corrected chi connectivity index (χ4v) is 3.34. The topological polar surface area (TPSA) is 20.3 Å². The quantitative estimate of drug-likeness (QED) is 0.797. The Morgan fingerprint density at radius 1 is 1.33 bits per heavy atom. The van der Waals surface area contributed by atoms with Crippen LogP contribution in [0.15, 0.2) is 30.3 Å². The number of piperidine rings is 1. The number of amides is 1. The predicted molar refractivity (Wildman–Crippen MR) is 78.2 cm³/mol. The van der Waals surface area contributed by atoms with Gasteiger partial charge in [0, 0.05) is 18.0 Å². The molecule has 1 aliphatic rings. The summed E-state index contributed by atoms with van der Waals surface area (Å²) in [4.78, 5) is 13.7. The number of carbonyl (C=O) groups is 1. The summed E-state index contributed by atoms with van der Waals surface area (Å²) in [6.45, 7) is 5.23. The van der Waals surface area contributed by atoms with Gasteiger partial charge in [0.2, 0.25) is 0 Å². The zero-order valence-electron chi connectivity index (χ0n) is 11.1. The molecular formula is C15H21NOS. The van der Waals surface area contributed by atoms with Crippen LogP contribution in [0, 0.1) is 0 Å². The Kier molecular flexibility index (Phi) is 4.00. The van der Waals surface area contributed by atoms with Gasteiger partial charge < -0.3 is 4.90 Å². The molecular weight excluding hydrogens is 242 g/mol. The number of hydrogen-bond donors (Lipinski definition) is 1. The standard InChI is InChI=1S/C15H21NOS/c1-12(13-8-4-3-5-9-13)15(2)10-6-7-11-16(15)14(17)18/h3-5,8-9,12H,6-7,10-11H2,1-2H3,(H,17,18)/t12?,15-/m0/s1. The smallest absolute Gasteiger partial charge is 0.279 e. The first-order valence-corrected chi connectivity index (χ1v) is 7.06. The summed E-state index contributed by atoms with van der Waals surface area (Å²) in [7, 11) is 0. The van der Waals surface area contributed by atoms with E-state index in [1.807, 2.05) is 11.0 Å². The van der Waals surface area contributed by atoms with Crippen molar-refractivity contribution in [2.24, 2.45) is 0 Å². The first kappa shape index (κ1) is 13.5. The summed E-state index contributed by atoms with van der Waals surface area (Å²) in [5.74, 6) is 0.329. The number of benzene rings is 1. The van der Waals surface area contributed by atoms with Gasteiger partial charge in [-0.3, -0.25) is 4.79 Å². The van der Waals surface area contributed by atoms with Crippen LogP contribution in [-0.2, 0) is 0 Å². The fraction of sp³-hybridized carbons (Fsp3) is 0.533. The van der Waals surface area contributed by atoms with Crippen molar-refractivity contribution in [1.82, 2.24) is 4.90 Å². The van der Waals surface area contributed by atoms with E-state index in [9.17, 15) is 4.79 Å². The van der Waals surface area contributed by atoms with Gasteiger partial charge in [-0.1, -0.05) is 49.9 Å². The van der Waals surface area contributed by atoms with Gasteiger partial charge in [0.1, 0.15) is 0 Å². The van der Waals surface area contributed by atoms with E-state index in [0.717, 1.165) is 19.4 Å². The molecule has 0 aromatic heterocycles. The molecule has 98 valence electrons. The van der Waals surface area contributed by atoms with Crippen LogP contribution in [0.25, 0.3) is 0 Å². The average molecular weight is 263 g/mol. The molecule has 1 fully saturated rings. The molecule has 1 aromatic rings. The van der Waals surface area contributed by atoms with Crippen LogP contribution in [0.1, 0.15) is 44.6 Å². The van der Waals surface area contributed by atoms with Crippen LogP contribution >= 0.6 is 12.6 Å². The summed E-state index contributed by atoms with van der Waals surface area (Å²) in [5.41, 5.74) is 1.18. The number of nitrogens with zero attached hydrogens (tertiary/aromatic N) is 1. The van der Waals surface area contributed by atoms with Crippen LogP contribution in [0.5, 0.6) is 0 Å². The molecule has 0 saturated carbocycles. The Bertz CT molecular complexity index is 420. The number of likely N-dealkylation sites (tertiary alicyclic amines) is 1. The van der Waals surface area contributed by atoms with Crippen LogP contribution in [-0.4, -0.2) is 22.2 Å². The number of thiol groups is 1. The van der Waals surface area contributed by atoms with Crippen molar-refractivity contribution in [1.29, 1.82) is 0 Å². The third-order valence-corrected chi connectivity index (χ3v) is 4.64. The Labute approximate surface area is 115 Å². The van der Waals surface area contributed by atoms with E-state index in [2.05, 4.69) is 50.7 Å². The van der Waals surface area contributed by atoms with Crippen LogP contribution in [0.4, 0.5) is 4.79 Å². The summed E-state index contributed by atoms with van der Waals surface area (Å²) >= 11 is 4.05. The van der Waals surface area contributed by atoms with Crippen LogP contribution in [0.2, 0.25) is 0 Å². The van der Waals surface area contributed by atoms with E-state index in [4.69, 9.17) is 0 Å². The lowest BCUT2D eigenvalue weighted by Gasteiger charge is -2.48. The number of hydrogen-bond acceptors (Lipinski definition) is 1. The number of rotatable bonds is 2. The van der Waals surface area contributed by atoms with Gasteiger partial charge in [0.05, 0.1) is 0 Å². The average Bonchev–Trinajstić information content (AvgIpc) is 2.39. The van der Waals surface area contributed by atoms with Gasteiger partial charge in [0.25, 0.3) is 5.24 Å². The zero-order valence-corrected chi connectivity index (χ0v) is 12.0. The molecule has 0 aliphatic carbocycles. The highest BCUT2D eigenvalue weighted by atomic mass is 32.1. The van der Waals surface area contributed by atoms with Crippen LogP contribution in [0.3, 0.4) is 0 Å². The Morgan fingerprint density at radius 3 is 2.61 bits per heavy atom. The molecule has 1 heterocycles. The van der Waals surface area contributed by atoms with Gasteiger partial charge >= 0.3 is 0 Å². The largest absolute Gasteiger partial charge is 0.328 e. The molecule has 2 rings (SSSR count). The predicted octanol–water partition coefficient (Wildman–Crippen LogP) is 4.08. The summed E-state index contributed by atoms with van der Waals surface area (Å²) < 4.78 is 0. The molecule has 0 bridgehead atoms. The minimum atomic E-state index is -0.113. The lowest BCUT2D eigenvalue weighted by molar-refractivity contribution is 0.0859. The zero-order chi connectivity index (χ0) is 13.2. The first-order valence-electron chi connectivity index (χ1n) is 6.61. The monoisotopic (exact) mass is 263 g/mol. The normalized spacial score (nSPS) is 25.8. The lowest BCUT2D eigenvalue weighted by atomic mass is 9.75. The van der Waals surface area contributed by atoms with E-state index in [-0.39, 0.29) is 10.8 Å². The SMILES string of the molecule is CC(c1ccccc1)[C@]1(C)CCCCN1C(=O)S. The van der Waals surface area contributed by atoms with Crippen LogP contribution < -0.4 is 0 Å². The molecule has 3 heteroatoms. The Hall–Kier alpha value is -0.960. The summed E-state index contributed by atoms with van der Waals surface area (Å²) in [5, 5.41) is -0.0972. The van der Waals surface area contributed by atoms with Gasteiger partial charge in [-0.05, 0) is 31.7 Å². The highest BCUT2D eigenvalue weighted by molar-refractivity contribution is 7.96. The summed E-state index contributed by atoms with van der Waals surface area (Å²) in [6.07, 6.45) is 3.32. The van der Waals surface area contributed by atoms with Crippen molar-refractivity contribution in [2.75, 3.05) is 6.54 Å². The molecule has 1 saturated heterocycles. The van der Waals surface area contributed by atoms with Gasteiger partial charge in [-0.2, -0.15) is 0 Å². The van der Waals surface area contributed by atoms with E-state index >= 15 is 0 Å². The molecule has 0 radical (unpaired) electrons. The van der Waals surface area contributed by atoms with E-state index < -0.39 is 0 Å². The molecule has 1 aromatic carbocycles. The Morgan fingerprint density at radius 2 is 2.00 bits per heavy atom. The maximum absolute atomic E-state index is 11.7. The van der Waals surface area contributed by atoms with Crippen molar-refractivity contribution in [3.8, 4) is 0 Å². The second kappa shape index (κ2) is 5.35. The molecule has 0 spiro atoms. The van der Waals surface area contributed by atoms with Crippen molar-refractivity contribution in [3.05, 3.63) is 35.9 Å². The minimum Gasteiger partial charge on any atom is -0.328 e. The van der Waals surface area contributed by atoms with E-state index in [0.29, 0.717) is 5.92 Å². The summed E-state index contributed by atoms with van der Waals surface area (Å²) in [6, 6.07) is 10.4. The third-order valence-electron chi connectivity index (χ3n) is 4.39. The molecule has 2 atom stereocenters. The van der Waals surface area contributed by atoms with Crippen molar-refractivity contribution < 1.29 is 4.79 Å². The Balaban J connectivity index is 2.30. The van der Waals surface area contributed by atoms with E-state index in [1.165, 1.54) is 12.0 Å². The lowest BCUT2D eigenvalue weighted by Crippen LogP contribution is -2.53. The van der Waals surface area contributed by atoms with Crippen molar-refractivity contribution in [2.45, 2.75) is 44.6 Å². The highest BCUT2D eigenvalue weighted by Crippen LogP contribution is 2.40. The molecule has 18 heavy (non-hydrogen) atoms. The van der Waals surface area contributed by atoms with Crippen molar-refractivity contribution >= 4 is 17.9 Å². The fourth-order valence-electron chi connectivity index (χ4n) is 3.01. The maximum atomic E-state index is 11.7. The molecule has 0 N–H and O–H groups in total. The minimum absolute atomic E-state index is 0.0972. The third kappa shape index (κ3) is 2.41. The van der Waals surface area contributed by atoms with E-state index in [1.54, 1.807) is 0 Å². The molecule has 2 nitrogen and oxygen atoms in total. The molecule has 1 aliphatic heterocycles. The van der Waals surface area contributed by atoms with Crippen molar-refractivity contribution in [3.63, 3.8) is 0 Å². The first-order chi connectivity index (χ1) is 8.55. The second-order valence-electron chi connectivity index (χ2n) is 5.38.